The summed E-state index contributed by atoms with van der Waals surface area (Å²) in [7, 11) is 1.80. The number of hydrogen-bond donors (Lipinski definition) is 1. The van der Waals surface area contributed by atoms with Crippen molar-refractivity contribution in [1.29, 1.82) is 0 Å². The summed E-state index contributed by atoms with van der Waals surface area (Å²) >= 11 is 0. The summed E-state index contributed by atoms with van der Waals surface area (Å²) < 4.78 is 5.58. The Hall–Kier alpha value is -2.75. The van der Waals surface area contributed by atoms with Gasteiger partial charge in [0.1, 0.15) is 5.75 Å². The number of aromatic amines is 1. The maximum Gasteiger partial charge on any atom is 0.260 e. The van der Waals surface area contributed by atoms with Gasteiger partial charge < -0.3 is 14.6 Å². The van der Waals surface area contributed by atoms with Crippen LogP contribution in [0.5, 0.6) is 5.75 Å². The molecule has 2 aromatic carbocycles. The van der Waals surface area contributed by atoms with Crippen molar-refractivity contribution in [2.75, 3.05) is 13.7 Å². The highest BCUT2D eigenvalue weighted by atomic mass is 16.5. The average molecular weight is 308 g/mol. The molecule has 0 radical (unpaired) electrons. The van der Waals surface area contributed by atoms with Gasteiger partial charge in [-0.1, -0.05) is 30.3 Å². The van der Waals surface area contributed by atoms with E-state index in [2.05, 4.69) is 11.1 Å². The van der Waals surface area contributed by atoms with Crippen LogP contribution in [0.1, 0.15) is 11.1 Å². The molecule has 0 aliphatic heterocycles. The van der Waals surface area contributed by atoms with E-state index in [1.165, 1.54) is 0 Å². The highest BCUT2D eigenvalue weighted by molar-refractivity contribution is 5.84. The van der Waals surface area contributed by atoms with Crippen molar-refractivity contribution < 1.29 is 9.53 Å². The number of H-pyrrole nitrogens is 1. The number of aromatic nitrogens is 1. The molecule has 0 spiro atoms. The number of fused-ring (bicyclic) bond motifs is 1. The van der Waals surface area contributed by atoms with Gasteiger partial charge in [0.05, 0.1) is 0 Å². The van der Waals surface area contributed by atoms with E-state index in [1.54, 1.807) is 11.9 Å². The lowest BCUT2D eigenvalue weighted by Crippen LogP contribution is -2.30. The van der Waals surface area contributed by atoms with Gasteiger partial charge in [0.2, 0.25) is 0 Å². The van der Waals surface area contributed by atoms with Gasteiger partial charge in [-0.15, -0.1) is 0 Å². The molecule has 1 amide bonds. The third-order valence-electron chi connectivity index (χ3n) is 3.86. The minimum atomic E-state index is -0.0446. The summed E-state index contributed by atoms with van der Waals surface area (Å²) in [5.41, 5.74) is 3.30. The normalized spacial score (nSPS) is 10.7. The molecule has 1 aromatic heterocycles. The molecule has 0 fully saturated rings. The van der Waals surface area contributed by atoms with Crippen LogP contribution in [0.25, 0.3) is 10.9 Å². The molecule has 0 atom stereocenters. The third-order valence-corrected chi connectivity index (χ3v) is 3.86. The summed E-state index contributed by atoms with van der Waals surface area (Å²) in [5.74, 6) is 0.677. The smallest absolute Gasteiger partial charge is 0.260 e. The van der Waals surface area contributed by atoms with E-state index in [0.29, 0.717) is 6.54 Å². The molecule has 0 aliphatic rings. The van der Waals surface area contributed by atoms with Crippen LogP contribution in [0.3, 0.4) is 0 Å². The molecule has 3 aromatic rings. The van der Waals surface area contributed by atoms with Crippen LogP contribution in [0, 0.1) is 6.92 Å². The van der Waals surface area contributed by atoms with Crippen LogP contribution in [-0.4, -0.2) is 29.4 Å². The van der Waals surface area contributed by atoms with Crippen LogP contribution in [0.4, 0.5) is 0 Å². The number of hydrogen-bond acceptors (Lipinski definition) is 2. The molecule has 118 valence electrons. The van der Waals surface area contributed by atoms with E-state index < -0.39 is 0 Å². The Morgan fingerprint density at radius 2 is 2.00 bits per heavy atom. The van der Waals surface area contributed by atoms with E-state index in [1.807, 2.05) is 55.6 Å². The fourth-order valence-electron chi connectivity index (χ4n) is 2.57. The van der Waals surface area contributed by atoms with Crippen molar-refractivity contribution in [2.24, 2.45) is 0 Å². The molecule has 0 aliphatic carbocycles. The highest BCUT2D eigenvalue weighted by Gasteiger charge is 2.12. The molecule has 0 bridgehead atoms. The van der Waals surface area contributed by atoms with Gasteiger partial charge in [0, 0.05) is 30.7 Å². The van der Waals surface area contributed by atoms with E-state index in [9.17, 15) is 4.79 Å². The molecule has 23 heavy (non-hydrogen) atoms. The van der Waals surface area contributed by atoms with Crippen molar-refractivity contribution in [3.05, 3.63) is 65.9 Å². The Kier molecular flexibility index (Phi) is 4.33. The number of amides is 1. The number of aryl methyl sites for hydroxylation is 1. The first-order valence-corrected chi connectivity index (χ1v) is 7.62. The molecular formula is C19H20N2O2. The Bertz CT molecular complexity index is 823. The van der Waals surface area contributed by atoms with Gasteiger partial charge in [0.15, 0.2) is 6.61 Å². The van der Waals surface area contributed by atoms with Crippen molar-refractivity contribution in [1.82, 2.24) is 9.88 Å². The third kappa shape index (κ3) is 3.54. The topological polar surface area (TPSA) is 45.3 Å². The number of carbonyl (C=O) groups is 1. The first-order chi connectivity index (χ1) is 11.1. The maximum atomic E-state index is 12.3. The molecule has 0 saturated heterocycles. The number of nitrogens with zero attached hydrogens (tertiary/aromatic N) is 1. The zero-order valence-corrected chi connectivity index (χ0v) is 13.4. The Morgan fingerprint density at radius 3 is 2.83 bits per heavy atom. The van der Waals surface area contributed by atoms with Crippen LogP contribution < -0.4 is 4.74 Å². The number of nitrogens with one attached hydrogen (secondary N) is 1. The van der Waals surface area contributed by atoms with Crippen LogP contribution in [0.15, 0.2) is 54.7 Å². The van der Waals surface area contributed by atoms with Gasteiger partial charge in [-0.2, -0.15) is 0 Å². The van der Waals surface area contributed by atoms with E-state index in [-0.39, 0.29) is 12.5 Å². The van der Waals surface area contributed by atoms with E-state index in [4.69, 9.17) is 4.74 Å². The Labute approximate surface area is 135 Å². The van der Waals surface area contributed by atoms with Gasteiger partial charge >= 0.3 is 0 Å². The molecule has 0 unspecified atom stereocenters. The average Bonchev–Trinajstić information content (AvgIpc) is 2.96. The molecule has 1 heterocycles. The lowest BCUT2D eigenvalue weighted by Gasteiger charge is -2.17. The second-order valence-corrected chi connectivity index (χ2v) is 5.71. The Balaban J connectivity index is 1.61. The predicted molar refractivity (Wildman–Crippen MR) is 91.4 cm³/mol. The summed E-state index contributed by atoms with van der Waals surface area (Å²) in [6.45, 7) is 2.60. The summed E-state index contributed by atoms with van der Waals surface area (Å²) in [6, 6.07) is 15.8. The van der Waals surface area contributed by atoms with E-state index in [0.717, 1.165) is 27.8 Å². The summed E-state index contributed by atoms with van der Waals surface area (Å²) in [5, 5.41) is 1.15. The number of para-hydroxylation sites is 1. The first kappa shape index (κ1) is 15.2. The summed E-state index contributed by atoms with van der Waals surface area (Å²) in [4.78, 5) is 17.2. The zero-order valence-electron chi connectivity index (χ0n) is 13.4. The molecule has 4 heteroatoms. The summed E-state index contributed by atoms with van der Waals surface area (Å²) in [6.07, 6.45) is 1.95. The largest absolute Gasteiger partial charge is 0.484 e. The Morgan fingerprint density at radius 1 is 1.17 bits per heavy atom. The van der Waals surface area contributed by atoms with Crippen molar-refractivity contribution in [3.8, 4) is 5.75 Å². The lowest BCUT2D eigenvalue weighted by atomic mass is 10.1. The van der Waals surface area contributed by atoms with E-state index >= 15 is 0 Å². The monoisotopic (exact) mass is 308 g/mol. The minimum absolute atomic E-state index is 0.0440. The van der Waals surface area contributed by atoms with Gasteiger partial charge in [-0.25, -0.2) is 0 Å². The second kappa shape index (κ2) is 6.57. The van der Waals surface area contributed by atoms with Gasteiger partial charge in [0.25, 0.3) is 5.91 Å². The molecular weight excluding hydrogens is 288 g/mol. The standard InChI is InChI=1S/C19H20N2O2/c1-14-6-5-7-16(10-14)23-13-19(22)21(2)12-15-11-20-18-9-4-3-8-17(15)18/h3-11,20H,12-13H2,1-2H3. The molecule has 3 rings (SSSR count). The first-order valence-electron chi connectivity index (χ1n) is 7.62. The quantitative estimate of drug-likeness (QED) is 0.784. The number of carbonyl (C=O) groups excluding carboxylic acids is 1. The molecule has 0 saturated carbocycles. The number of likely N-dealkylation sites (N-methyl/N-ethyl adjacent to an activating group) is 1. The SMILES string of the molecule is Cc1cccc(OCC(=O)N(C)Cc2c[nH]c3ccccc23)c1. The molecule has 4 nitrogen and oxygen atoms in total. The van der Waals surface area contributed by atoms with Gasteiger partial charge in [-0.3, -0.25) is 4.79 Å². The van der Waals surface area contributed by atoms with Crippen LogP contribution in [-0.2, 0) is 11.3 Å². The van der Waals surface area contributed by atoms with Crippen molar-refractivity contribution in [3.63, 3.8) is 0 Å². The van der Waals surface area contributed by atoms with Crippen molar-refractivity contribution >= 4 is 16.8 Å². The number of rotatable bonds is 5. The fraction of sp³-hybridized carbons (Fsp3) is 0.211. The van der Waals surface area contributed by atoms with Gasteiger partial charge in [-0.05, 0) is 36.2 Å². The number of ether oxygens (including phenoxy) is 1. The fourth-order valence-corrected chi connectivity index (χ4v) is 2.57. The lowest BCUT2D eigenvalue weighted by molar-refractivity contribution is -0.132. The predicted octanol–water partition coefficient (Wildman–Crippen LogP) is 3.51. The van der Waals surface area contributed by atoms with Crippen LogP contribution >= 0.6 is 0 Å². The highest BCUT2D eigenvalue weighted by Crippen LogP contribution is 2.19. The van der Waals surface area contributed by atoms with Crippen LogP contribution in [0.2, 0.25) is 0 Å². The molecule has 1 N–H and O–H groups in total. The minimum Gasteiger partial charge on any atom is -0.484 e. The zero-order chi connectivity index (χ0) is 16.2. The number of benzene rings is 2. The maximum absolute atomic E-state index is 12.3. The van der Waals surface area contributed by atoms with Crippen molar-refractivity contribution in [2.45, 2.75) is 13.5 Å². The second-order valence-electron chi connectivity index (χ2n) is 5.71.